The third-order valence-corrected chi connectivity index (χ3v) is 2.35. The highest BCUT2D eigenvalue weighted by Crippen LogP contribution is 2.10. The highest BCUT2D eigenvalue weighted by atomic mass is 16.1. The fourth-order valence-corrected chi connectivity index (χ4v) is 1.46. The zero-order valence-corrected chi connectivity index (χ0v) is 12.6. The van der Waals surface area contributed by atoms with Gasteiger partial charge < -0.3 is 0 Å². The minimum atomic E-state index is 0.0793. The van der Waals surface area contributed by atoms with E-state index in [2.05, 4.69) is 0 Å². The molecule has 0 aliphatic rings. The molecule has 0 aromatic heterocycles. The van der Waals surface area contributed by atoms with Gasteiger partial charge in [-0.3, -0.25) is 4.79 Å². The average molecular weight is 256 g/mol. The van der Waals surface area contributed by atoms with Crippen molar-refractivity contribution in [3.8, 4) is 0 Å². The van der Waals surface area contributed by atoms with Gasteiger partial charge in [-0.05, 0) is 6.92 Å². The molecule has 0 aliphatic carbocycles. The fraction of sp³-hybridized carbons (Fsp3) is 0.278. The lowest BCUT2D eigenvalue weighted by Crippen LogP contribution is -2.00. The van der Waals surface area contributed by atoms with E-state index < -0.39 is 0 Å². The molecule has 0 atom stereocenters. The van der Waals surface area contributed by atoms with Gasteiger partial charge in [0.15, 0.2) is 5.78 Å². The van der Waals surface area contributed by atoms with Gasteiger partial charge in [-0.2, -0.15) is 0 Å². The van der Waals surface area contributed by atoms with Crippen molar-refractivity contribution in [3.63, 3.8) is 0 Å². The van der Waals surface area contributed by atoms with E-state index in [-0.39, 0.29) is 5.78 Å². The average Bonchev–Trinajstić information content (AvgIpc) is 2.52. The second kappa shape index (κ2) is 10.1. The predicted octanol–water partition coefficient (Wildman–Crippen LogP) is 5.28. The Morgan fingerprint density at radius 1 is 0.684 bits per heavy atom. The maximum atomic E-state index is 12.0. The first kappa shape index (κ1) is 17.1. The van der Waals surface area contributed by atoms with E-state index in [1.807, 2.05) is 89.2 Å². The lowest BCUT2D eigenvalue weighted by atomic mass is 10.0. The van der Waals surface area contributed by atoms with Gasteiger partial charge in [0, 0.05) is 11.1 Å². The van der Waals surface area contributed by atoms with Crippen molar-refractivity contribution in [2.45, 2.75) is 34.6 Å². The summed E-state index contributed by atoms with van der Waals surface area (Å²) in [6.45, 7) is 10.0. The van der Waals surface area contributed by atoms with Gasteiger partial charge in [-0.25, -0.2) is 0 Å². The Morgan fingerprint density at radius 2 is 1.11 bits per heavy atom. The molecule has 0 saturated heterocycles. The van der Waals surface area contributed by atoms with Crippen LogP contribution in [-0.2, 0) is 0 Å². The Labute approximate surface area is 117 Å². The monoisotopic (exact) mass is 256 g/mol. The molecule has 0 aliphatic heterocycles. The van der Waals surface area contributed by atoms with Crippen molar-refractivity contribution in [1.29, 1.82) is 0 Å². The number of carbonyl (C=O) groups is 1. The quantitative estimate of drug-likeness (QED) is 0.668. The minimum Gasteiger partial charge on any atom is -0.289 e. The molecule has 102 valence electrons. The molecule has 0 heterocycles. The minimum absolute atomic E-state index is 0.0793. The molecule has 19 heavy (non-hydrogen) atoms. The van der Waals surface area contributed by atoms with Crippen LogP contribution in [0.15, 0.2) is 54.6 Å². The Kier molecular flexibility index (Phi) is 9.07. The molecule has 1 nitrogen and oxygen atoms in total. The molecule has 0 spiro atoms. The fourth-order valence-electron chi connectivity index (χ4n) is 1.46. The molecule has 0 unspecified atom stereocenters. The van der Waals surface area contributed by atoms with Gasteiger partial charge in [-0.1, -0.05) is 87.9 Å². The van der Waals surface area contributed by atoms with Crippen molar-refractivity contribution in [3.05, 3.63) is 71.3 Å². The Hall–Kier alpha value is -1.89. The molecule has 0 bridgehead atoms. The summed E-state index contributed by atoms with van der Waals surface area (Å²) in [6.07, 6.45) is 0. The van der Waals surface area contributed by atoms with Crippen molar-refractivity contribution in [2.24, 2.45) is 0 Å². The summed E-state index contributed by atoms with van der Waals surface area (Å²) in [6, 6.07) is 17.0. The lowest BCUT2D eigenvalue weighted by molar-refractivity contribution is 0.103. The van der Waals surface area contributed by atoms with E-state index in [4.69, 9.17) is 0 Å². The summed E-state index contributed by atoms with van der Waals surface area (Å²) >= 11 is 0. The maximum Gasteiger partial charge on any atom is 0.193 e. The van der Waals surface area contributed by atoms with Gasteiger partial charge in [-0.15, -0.1) is 0 Å². The summed E-state index contributed by atoms with van der Waals surface area (Å²) in [7, 11) is 0. The summed E-state index contributed by atoms with van der Waals surface area (Å²) in [4.78, 5) is 12.0. The molecule has 0 saturated carbocycles. The van der Waals surface area contributed by atoms with Gasteiger partial charge >= 0.3 is 0 Å². The van der Waals surface area contributed by atoms with E-state index in [9.17, 15) is 4.79 Å². The number of aryl methyl sites for hydroxylation is 1. The van der Waals surface area contributed by atoms with Gasteiger partial charge in [0.1, 0.15) is 0 Å². The van der Waals surface area contributed by atoms with Crippen LogP contribution < -0.4 is 0 Å². The number of carbonyl (C=O) groups excluding carboxylic acids is 1. The molecule has 2 rings (SSSR count). The van der Waals surface area contributed by atoms with Crippen LogP contribution in [0.4, 0.5) is 0 Å². The standard InChI is InChI=1S/C14H12O.2C2H6/c1-11-7-9-13(10-8-11)14(15)12-5-3-2-4-6-12;2*1-2/h2-10H,1H3;2*1-2H3. The summed E-state index contributed by atoms with van der Waals surface area (Å²) < 4.78 is 0. The SMILES string of the molecule is CC.CC.Cc1ccc(C(=O)c2ccccc2)cc1. The smallest absolute Gasteiger partial charge is 0.193 e. The predicted molar refractivity (Wildman–Crippen MR) is 83.7 cm³/mol. The zero-order chi connectivity index (χ0) is 14.7. The van der Waals surface area contributed by atoms with Crippen molar-refractivity contribution in [1.82, 2.24) is 0 Å². The first-order valence-corrected chi connectivity index (χ1v) is 6.94. The third-order valence-electron chi connectivity index (χ3n) is 2.35. The highest BCUT2D eigenvalue weighted by Gasteiger charge is 2.06. The molecular weight excluding hydrogens is 232 g/mol. The number of hydrogen-bond acceptors (Lipinski definition) is 1. The second-order valence-corrected chi connectivity index (χ2v) is 3.56. The maximum absolute atomic E-state index is 12.0. The lowest BCUT2D eigenvalue weighted by Gasteiger charge is -2.00. The second-order valence-electron chi connectivity index (χ2n) is 3.56. The molecule has 1 heteroatoms. The third kappa shape index (κ3) is 5.52. The number of ketones is 1. The van der Waals surface area contributed by atoms with Crippen molar-refractivity contribution >= 4 is 5.78 Å². The van der Waals surface area contributed by atoms with E-state index in [1.54, 1.807) is 0 Å². The van der Waals surface area contributed by atoms with Crippen LogP contribution in [0.25, 0.3) is 0 Å². The van der Waals surface area contributed by atoms with E-state index in [0.29, 0.717) is 0 Å². The Balaban J connectivity index is 0.000000741. The summed E-state index contributed by atoms with van der Waals surface area (Å²) in [5.74, 6) is 0.0793. The molecule has 0 amide bonds. The van der Waals surface area contributed by atoms with Crippen LogP contribution in [0, 0.1) is 6.92 Å². The van der Waals surface area contributed by atoms with Gasteiger partial charge in [0.05, 0.1) is 0 Å². The van der Waals surface area contributed by atoms with Crippen molar-refractivity contribution in [2.75, 3.05) is 0 Å². The molecule has 0 radical (unpaired) electrons. The van der Waals surface area contributed by atoms with Crippen LogP contribution in [0.3, 0.4) is 0 Å². The van der Waals surface area contributed by atoms with E-state index in [1.165, 1.54) is 5.56 Å². The molecule has 2 aromatic rings. The molecular formula is C18H24O. The Bertz CT molecular complexity index is 455. The molecule has 2 aromatic carbocycles. The topological polar surface area (TPSA) is 17.1 Å². The number of benzene rings is 2. The summed E-state index contributed by atoms with van der Waals surface area (Å²) in [5, 5.41) is 0. The van der Waals surface area contributed by atoms with Crippen LogP contribution in [0.5, 0.6) is 0 Å². The summed E-state index contributed by atoms with van der Waals surface area (Å²) in [5.41, 5.74) is 2.65. The van der Waals surface area contributed by atoms with Crippen molar-refractivity contribution < 1.29 is 4.79 Å². The number of rotatable bonds is 2. The van der Waals surface area contributed by atoms with Crippen LogP contribution in [-0.4, -0.2) is 5.78 Å². The largest absolute Gasteiger partial charge is 0.289 e. The molecule has 0 N–H and O–H groups in total. The van der Waals surface area contributed by atoms with E-state index in [0.717, 1.165) is 11.1 Å². The van der Waals surface area contributed by atoms with Crippen LogP contribution >= 0.6 is 0 Å². The Morgan fingerprint density at radius 3 is 1.58 bits per heavy atom. The number of hydrogen-bond donors (Lipinski definition) is 0. The van der Waals surface area contributed by atoms with Gasteiger partial charge in [0.2, 0.25) is 0 Å². The van der Waals surface area contributed by atoms with E-state index >= 15 is 0 Å². The van der Waals surface area contributed by atoms with Crippen LogP contribution in [0.2, 0.25) is 0 Å². The molecule has 0 fully saturated rings. The normalized spacial score (nSPS) is 8.47. The van der Waals surface area contributed by atoms with Crippen LogP contribution in [0.1, 0.15) is 49.2 Å². The highest BCUT2D eigenvalue weighted by molar-refractivity contribution is 6.08. The first-order valence-electron chi connectivity index (χ1n) is 6.94. The van der Waals surface area contributed by atoms with Gasteiger partial charge in [0.25, 0.3) is 0 Å². The zero-order valence-electron chi connectivity index (χ0n) is 12.6. The first-order chi connectivity index (χ1) is 9.27.